The topological polar surface area (TPSA) is 35.2 Å². The second-order valence-electron chi connectivity index (χ2n) is 5.25. The third-order valence-corrected chi connectivity index (χ3v) is 3.93. The van der Waals surface area contributed by atoms with Gasteiger partial charge in [-0.2, -0.15) is 0 Å². The smallest absolute Gasteiger partial charge is 0.122 e. The van der Waals surface area contributed by atoms with E-state index in [1.54, 1.807) is 0 Å². The zero-order chi connectivity index (χ0) is 13.4. The minimum atomic E-state index is -0.0629. The maximum atomic E-state index is 6.47. The third-order valence-electron chi connectivity index (χ3n) is 3.93. The van der Waals surface area contributed by atoms with Gasteiger partial charge in [0.2, 0.25) is 0 Å². The molecule has 2 aromatic rings. The molecule has 98 valence electrons. The quantitative estimate of drug-likeness (QED) is 0.891. The first-order valence-corrected chi connectivity index (χ1v) is 6.74. The highest BCUT2D eigenvalue weighted by molar-refractivity contribution is 5.46. The molecule has 1 aliphatic rings. The third kappa shape index (κ3) is 2.13. The molecular weight excluding hydrogens is 234 g/mol. The fourth-order valence-corrected chi connectivity index (χ4v) is 2.88. The molecule has 1 atom stereocenters. The molecule has 0 aromatic heterocycles. The van der Waals surface area contributed by atoms with Crippen molar-refractivity contribution in [3.63, 3.8) is 0 Å². The van der Waals surface area contributed by atoms with Crippen molar-refractivity contribution in [2.45, 2.75) is 26.3 Å². The average Bonchev–Trinajstić information content (AvgIpc) is 2.85. The number of ether oxygens (including phenoxy) is 1. The van der Waals surface area contributed by atoms with E-state index in [0.29, 0.717) is 0 Å². The molecule has 0 spiro atoms. The predicted molar refractivity (Wildman–Crippen MR) is 77.6 cm³/mol. The van der Waals surface area contributed by atoms with Crippen LogP contribution < -0.4 is 10.5 Å². The van der Waals surface area contributed by atoms with Crippen molar-refractivity contribution in [2.75, 3.05) is 6.61 Å². The minimum absolute atomic E-state index is 0.0629. The normalized spacial score (nSPS) is 14.9. The highest BCUT2D eigenvalue weighted by Crippen LogP contribution is 2.31. The van der Waals surface area contributed by atoms with Gasteiger partial charge in [-0.3, -0.25) is 0 Å². The molecular formula is C17H19NO. The van der Waals surface area contributed by atoms with Crippen LogP contribution in [-0.4, -0.2) is 6.61 Å². The van der Waals surface area contributed by atoms with E-state index in [1.165, 1.54) is 27.8 Å². The Morgan fingerprint density at radius 1 is 1.11 bits per heavy atom. The summed E-state index contributed by atoms with van der Waals surface area (Å²) >= 11 is 0. The number of aryl methyl sites for hydroxylation is 2. The second kappa shape index (κ2) is 4.71. The Hall–Kier alpha value is -1.80. The van der Waals surface area contributed by atoms with Crippen molar-refractivity contribution in [2.24, 2.45) is 5.73 Å². The summed E-state index contributed by atoms with van der Waals surface area (Å²) in [6, 6.07) is 12.6. The Labute approximate surface area is 114 Å². The van der Waals surface area contributed by atoms with E-state index in [9.17, 15) is 0 Å². The summed E-state index contributed by atoms with van der Waals surface area (Å²) < 4.78 is 5.55. The Kier molecular flexibility index (Phi) is 3.03. The standard InChI is InChI=1S/C17H19NO/c1-11-4-3-5-12(2)16(11)17(18)14-6-7-15-13(10-14)8-9-19-15/h3-7,10,17H,8-9,18H2,1-2H3. The van der Waals surface area contributed by atoms with Crippen LogP contribution in [0.15, 0.2) is 36.4 Å². The van der Waals surface area contributed by atoms with Gasteiger partial charge in [0.1, 0.15) is 5.75 Å². The maximum Gasteiger partial charge on any atom is 0.122 e. The number of benzene rings is 2. The first kappa shape index (κ1) is 12.2. The lowest BCUT2D eigenvalue weighted by atomic mass is 9.91. The molecule has 2 heteroatoms. The van der Waals surface area contributed by atoms with E-state index in [2.05, 4.69) is 44.2 Å². The van der Waals surface area contributed by atoms with Crippen LogP contribution in [0, 0.1) is 13.8 Å². The molecule has 1 unspecified atom stereocenters. The molecule has 0 bridgehead atoms. The van der Waals surface area contributed by atoms with Crippen molar-refractivity contribution in [1.82, 2.24) is 0 Å². The van der Waals surface area contributed by atoms with Gasteiger partial charge in [-0.15, -0.1) is 0 Å². The van der Waals surface area contributed by atoms with Crippen LogP contribution in [-0.2, 0) is 6.42 Å². The molecule has 2 aromatic carbocycles. The lowest BCUT2D eigenvalue weighted by Gasteiger charge is -2.18. The van der Waals surface area contributed by atoms with Gasteiger partial charge in [0.15, 0.2) is 0 Å². The van der Waals surface area contributed by atoms with E-state index >= 15 is 0 Å². The van der Waals surface area contributed by atoms with Crippen LogP contribution in [0.25, 0.3) is 0 Å². The summed E-state index contributed by atoms with van der Waals surface area (Å²) in [5, 5.41) is 0. The highest BCUT2D eigenvalue weighted by atomic mass is 16.5. The largest absolute Gasteiger partial charge is 0.493 e. The summed E-state index contributed by atoms with van der Waals surface area (Å²) in [7, 11) is 0. The highest BCUT2D eigenvalue weighted by Gasteiger charge is 2.17. The minimum Gasteiger partial charge on any atom is -0.493 e. The van der Waals surface area contributed by atoms with Crippen molar-refractivity contribution < 1.29 is 4.74 Å². The van der Waals surface area contributed by atoms with Gasteiger partial charge in [-0.1, -0.05) is 30.3 Å². The molecule has 19 heavy (non-hydrogen) atoms. The lowest BCUT2D eigenvalue weighted by molar-refractivity contribution is 0.357. The molecule has 0 saturated carbocycles. The van der Waals surface area contributed by atoms with E-state index in [0.717, 1.165) is 18.8 Å². The summed E-state index contributed by atoms with van der Waals surface area (Å²) in [6.45, 7) is 5.04. The van der Waals surface area contributed by atoms with E-state index < -0.39 is 0 Å². The Morgan fingerprint density at radius 3 is 2.58 bits per heavy atom. The molecule has 2 nitrogen and oxygen atoms in total. The molecule has 1 aliphatic heterocycles. The summed E-state index contributed by atoms with van der Waals surface area (Å²) in [5.41, 5.74) is 12.7. The fourth-order valence-electron chi connectivity index (χ4n) is 2.88. The Balaban J connectivity index is 2.02. The number of fused-ring (bicyclic) bond motifs is 1. The molecule has 0 saturated heterocycles. The predicted octanol–water partition coefficient (Wildman–Crippen LogP) is 3.29. The van der Waals surface area contributed by atoms with Gasteiger partial charge in [0.25, 0.3) is 0 Å². The van der Waals surface area contributed by atoms with Gasteiger partial charge in [0, 0.05) is 6.42 Å². The van der Waals surface area contributed by atoms with E-state index in [1.807, 2.05) is 6.07 Å². The van der Waals surface area contributed by atoms with Gasteiger partial charge >= 0.3 is 0 Å². The molecule has 0 radical (unpaired) electrons. The van der Waals surface area contributed by atoms with Crippen LogP contribution in [0.1, 0.15) is 33.9 Å². The fraction of sp³-hybridized carbons (Fsp3) is 0.294. The maximum absolute atomic E-state index is 6.47. The van der Waals surface area contributed by atoms with Gasteiger partial charge in [0.05, 0.1) is 12.6 Å². The number of nitrogens with two attached hydrogens (primary N) is 1. The SMILES string of the molecule is Cc1cccc(C)c1C(N)c1ccc2c(c1)CCO2. The number of hydrogen-bond donors (Lipinski definition) is 1. The first-order chi connectivity index (χ1) is 9.16. The summed E-state index contributed by atoms with van der Waals surface area (Å²) in [5.74, 6) is 1.01. The molecule has 0 amide bonds. The average molecular weight is 253 g/mol. The molecule has 3 rings (SSSR count). The molecule has 2 N–H and O–H groups in total. The van der Waals surface area contributed by atoms with Crippen LogP contribution in [0.4, 0.5) is 0 Å². The van der Waals surface area contributed by atoms with Crippen molar-refractivity contribution >= 4 is 0 Å². The van der Waals surface area contributed by atoms with Gasteiger partial charge in [-0.05, 0) is 47.7 Å². The molecule has 0 aliphatic carbocycles. The van der Waals surface area contributed by atoms with Crippen molar-refractivity contribution in [3.8, 4) is 5.75 Å². The van der Waals surface area contributed by atoms with E-state index in [-0.39, 0.29) is 6.04 Å². The molecule has 1 heterocycles. The second-order valence-corrected chi connectivity index (χ2v) is 5.25. The zero-order valence-corrected chi connectivity index (χ0v) is 11.4. The zero-order valence-electron chi connectivity index (χ0n) is 11.4. The summed E-state index contributed by atoms with van der Waals surface area (Å²) in [4.78, 5) is 0. The Bertz CT molecular complexity index is 598. The van der Waals surface area contributed by atoms with Gasteiger partial charge < -0.3 is 10.5 Å². The van der Waals surface area contributed by atoms with Crippen LogP contribution >= 0.6 is 0 Å². The van der Waals surface area contributed by atoms with Crippen LogP contribution in [0.3, 0.4) is 0 Å². The lowest BCUT2D eigenvalue weighted by Crippen LogP contribution is -2.15. The number of hydrogen-bond acceptors (Lipinski definition) is 2. The Morgan fingerprint density at radius 2 is 1.84 bits per heavy atom. The van der Waals surface area contributed by atoms with Crippen molar-refractivity contribution in [3.05, 3.63) is 64.2 Å². The van der Waals surface area contributed by atoms with Crippen molar-refractivity contribution in [1.29, 1.82) is 0 Å². The first-order valence-electron chi connectivity index (χ1n) is 6.74. The van der Waals surface area contributed by atoms with E-state index in [4.69, 9.17) is 10.5 Å². The van der Waals surface area contributed by atoms with Crippen LogP contribution in [0.5, 0.6) is 5.75 Å². The van der Waals surface area contributed by atoms with Gasteiger partial charge in [-0.25, -0.2) is 0 Å². The monoisotopic (exact) mass is 253 g/mol. The summed E-state index contributed by atoms with van der Waals surface area (Å²) in [6.07, 6.45) is 0.989. The van der Waals surface area contributed by atoms with Crippen LogP contribution in [0.2, 0.25) is 0 Å². The number of rotatable bonds is 2. The molecule has 0 fully saturated rings.